The Balaban J connectivity index is 2.75. The van der Waals surface area contributed by atoms with Crippen molar-refractivity contribution in [1.82, 2.24) is 9.97 Å². The van der Waals surface area contributed by atoms with Crippen LogP contribution in [0.25, 0.3) is 0 Å². The third kappa shape index (κ3) is 6.38. The Morgan fingerprint density at radius 2 is 1.84 bits per heavy atom. The molecule has 0 spiro atoms. The molecule has 5 heteroatoms. The fourth-order valence-electron chi connectivity index (χ4n) is 1.50. The number of ether oxygens (including phenoxy) is 1. The van der Waals surface area contributed by atoms with Gasteiger partial charge in [0, 0.05) is 25.8 Å². The molecule has 0 aromatic carbocycles. The van der Waals surface area contributed by atoms with Crippen molar-refractivity contribution in [2.75, 3.05) is 30.3 Å². The summed E-state index contributed by atoms with van der Waals surface area (Å²) in [7, 11) is 0. The first kappa shape index (κ1) is 15.7. The fourth-order valence-corrected chi connectivity index (χ4v) is 1.50. The van der Waals surface area contributed by atoms with Crippen molar-refractivity contribution in [3.63, 3.8) is 0 Å². The molecule has 0 atom stereocenters. The molecule has 0 aliphatic carbocycles. The van der Waals surface area contributed by atoms with Gasteiger partial charge in [0.25, 0.3) is 0 Å². The minimum Gasteiger partial charge on any atom is -0.374 e. The lowest BCUT2D eigenvalue weighted by atomic mass is 10.2. The van der Waals surface area contributed by atoms with Crippen LogP contribution in [0.3, 0.4) is 0 Å². The van der Waals surface area contributed by atoms with E-state index in [0.29, 0.717) is 25.0 Å². The van der Waals surface area contributed by atoms with Crippen LogP contribution in [-0.2, 0) is 11.3 Å². The molecule has 1 heterocycles. The Kier molecular flexibility index (Phi) is 7.18. The van der Waals surface area contributed by atoms with Crippen LogP contribution >= 0.6 is 0 Å². The Morgan fingerprint density at radius 1 is 1.16 bits per heavy atom. The molecule has 1 aromatic rings. The van der Waals surface area contributed by atoms with E-state index >= 15 is 0 Å². The van der Waals surface area contributed by atoms with E-state index in [4.69, 9.17) is 4.74 Å². The molecule has 0 radical (unpaired) electrons. The molecule has 2 N–H and O–H groups in total. The summed E-state index contributed by atoms with van der Waals surface area (Å²) < 4.78 is 5.38. The Morgan fingerprint density at radius 3 is 2.42 bits per heavy atom. The Bertz CT molecular complexity index is 342. The van der Waals surface area contributed by atoms with Gasteiger partial charge in [-0.05, 0) is 19.3 Å². The van der Waals surface area contributed by atoms with Crippen molar-refractivity contribution in [3.05, 3.63) is 11.9 Å². The van der Waals surface area contributed by atoms with Crippen LogP contribution in [0.4, 0.5) is 11.6 Å². The van der Waals surface area contributed by atoms with Crippen molar-refractivity contribution in [1.29, 1.82) is 0 Å². The first-order valence-electron chi connectivity index (χ1n) is 7.09. The third-order valence-electron chi connectivity index (χ3n) is 2.46. The standard InChI is InChI=1S/C14H26N4O/c1-5-7-15-12-8-13(16-9-11(3)4)18-14(17-12)10-19-6-2/h8,11H,5-7,9-10H2,1-4H3,(H2,15,16,17,18). The molecule has 0 amide bonds. The van der Waals surface area contributed by atoms with E-state index in [2.05, 4.69) is 41.4 Å². The van der Waals surface area contributed by atoms with Gasteiger partial charge >= 0.3 is 0 Å². The van der Waals surface area contributed by atoms with Crippen molar-refractivity contribution in [3.8, 4) is 0 Å². The van der Waals surface area contributed by atoms with Crippen LogP contribution in [0.2, 0.25) is 0 Å². The van der Waals surface area contributed by atoms with E-state index in [-0.39, 0.29) is 0 Å². The second-order valence-corrected chi connectivity index (χ2v) is 4.89. The monoisotopic (exact) mass is 266 g/mol. The average Bonchev–Trinajstić information content (AvgIpc) is 2.40. The highest BCUT2D eigenvalue weighted by Crippen LogP contribution is 2.12. The predicted octanol–water partition coefficient (Wildman–Crippen LogP) is 2.90. The maximum Gasteiger partial charge on any atom is 0.158 e. The second-order valence-electron chi connectivity index (χ2n) is 4.89. The van der Waals surface area contributed by atoms with Gasteiger partial charge in [-0.3, -0.25) is 0 Å². The highest BCUT2D eigenvalue weighted by molar-refractivity contribution is 5.47. The quantitative estimate of drug-likeness (QED) is 0.719. The van der Waals surface area contributed by atoms with E-state index in [1.54, 1.807) is 0 Å². The van der Waals surface area contributed by atoms with Gasteiger partial charge in [-0.2, -0.15) is 0 Å². The zero-order valence-corrected chi connectivity index (χ0v) is 12.5. The van der Waals surface area contributed by atoms with E-state index in [0.717, 1.165) is 31.1 Å². The molecule has 108 valence electrons. The molecule has 0 aliphatic rings. The van der Waals surface area contributed by atoms with Gasteiger partial charge in [-0.15, -0.1) is 0 Å². The largest absolute Gasteiger partial charge is 0.374 e. The Hall–Kier alpha value is -1.36. The smallest absolute Gasteiger partial charge is 0.158 e. The van der Waals surface area contributed by atoms with E-state index in [1.807, 2.05) is 13.0 Å². The van der Waals surface area contributed by atoms with E-state index in [9.17, 15) is 0 Å². The molecule has 0 bridgehead atoms. The molecule has 0 unspecified atom stereocenters. The third-order valence-corrected chi connectivity index (χ3v) is 2.46. The van der Waals surface area contributed by atoms with Crippen molar-refractivity contribution in [2.45, 2.75) is 40.7 Å². The van der Waals surface area contributed by atoms with Gasteiger partial charge in [0.1, 0.15) is 18.2 Å². The van der Waals surface area contributed by atoms with E-state index < -0.39 is 0 Å². The summed E-state index contributed by atoms with van der Waals surface area (Å²) in [6, 6.07) is 1.95. The van der Waals surface area contributed by atoms with Crippen LogP contribution in [0, 0.1) is 5.92 Å². The summed E-state index contributed by atoms with van der Waals surface area (Å²) in [6.45, 7) is 11.4. The maximum absolute atomic E-state index is 5.38. The molecule has 19 heavy (non-hydrogen) atoms. The number of anilines is 2. The maximum atomic E-state index is 5.38. The van der Waals surface area contributed by atoms with Gasteiger partial charge in [0.2, 0.25) is 0 Å². The number of nitrogens with one attached hydrogen (secondary N) is 2. The lowest BCUT2D eigenvalue weighted by Gasteiger charge is -2.12. The number of hydrogen-bond donors (Lipinski definition) is 2. The number of aromatic nitrogens is 2. The van der Waals surface area contributed by atoms with Crippen molar-refractivity contribution in [2.24, 2.45) is 5.92 Å². The van der Waals surface area contributed by atoms with Crippen molar-refractivity contribution >= 4 is 11.6 Å². The summed E-state index contributed by atoms with van der Waals surface area (Å²) in [5.74, 6) is 3.02. The molecule has 5 nitrogen and oxygen atoms in total. The topological polar surface area (TPSA) is 59.1 Å². The first-order valence-corrected chi connectivity index (χ1v) is 7.09. The van der Waals surface area contributed by atoms with Gasteiger partial charge in [0.05, 0.1) is 0 Å². The van der Waals surface area contributed by atoms with Gasteiger partial charge in [0.15, 0.2) is 5.82 Å². The zero-order valence-electron chi connectivity index (χ0n) is 12.5. The molecular formula is C14H26N4O. The van der Waals surface area contributed by atoms with Crippen LogP contribution in [0.5, 0.6) is 0 Å². The van der Waals surface area contributed by atoms with Crippen LogP contribution in [0.15, 0.2) is 6.07 Å². The summed E-state index contributed by atoms with van der Waals surface area (Å²) in [4.78, 5) is 8.91. The van der Waals surface area contributed by atoms with Gasteiger partial charge in [-0.25, -0.2) is 9.97 Å². The van der Waals surface area contributed by atoms with Crippen LogP contribution in [-0.4, -0.2) is 29.7 Å². The second kappa shape index (κ2) is 8.69. The minimum absolute atomic E-state index is 0.453. The minimum atomic E-state index is 0.453. The number of nitrogens with zero attached hydrogens (tertiary/aromatic N) is 2. The summed E-state index contributed by atoms with van der Waals surface area (Å²) in [5.41, 5.74) is 0. The highest BCUT2D eigenvalue weighted by atomic mass is 16.5. The number of hydrogen-bond acceptors (Lipinski definition) is 5. The molecule has 1 aromatic heterocycles. The normalized spacial score (nSPS) is 10.8. The lowest BCUT2D eigenvalue weighted by molar-refractivity contribution is 0.128. The summed E-state index contributed by atoms with van der Waals surface area (Å²) in [5, 5.41) is 6.62. The highest BCUT2D eigenvalue weighted by Gasteiger charge is 2.05. The first-order chi connectivity index (χ1) is 9.15. The Labute approximate surface area is 116 Å². The predicted molar refractivity (Wildman–Crippen MR) is 79.5 cm³/mol. The zero-order chi connectivity index (χ0) is 14.1. The lowest BCUT2D eigenvalue weighted by Crippen LogP contribution is -2.13. The molecular weight excluding hydrogens is 240 g/mol. The molecule has 0 aliphatic heterocycles. The van der Waals surface area contributed by atoms with E-state index in [1.165, 1.54) is 0 Å². The molecule has 1 rings (SSSR count). The van der Waals surface area contributed by atoms with Gasteiger partial charge < -0.3 is 15.4 Å². The number of rotatable bonds is 9. The SMILES string of the molecule is CCCNc1cc(NCC(C)C)nc(COCC)n1. The summed E-state index contributed by atoms with van der Waals surface area (Å²) in [6.07, 6.45) is 1.07. The molecule has 0 saturated heterocycles. The van der Waals surface area contributed by atoms with Crippen LogP contribution < -0.4 is 10.6 Å². The summed E-state index contributed by atoms with van der Waals surface area (Å²) >= 11 is 0. The average molecular weight is 266 g/mol. The molecule has 0 saturated carbocycles. The van der Waals surface area contributed by atoms with Gasteiger partial charge in [-0.1, -0.05) is 20.8 Å². The van der Waals surface area contributed by atoms with Crippen LogP contribution in [0.1, 0.15) is 39.9 Å². The fraction of sp³-hybridized carbons (Fsp3) is 0.714. The van der Waals surface area contributed by atoms with Crippen molar-refractivity contribution < 1.29 is 4.74 Å². The molecule has 0 fully saturated rings.